The number of hydrogen-bond donors (Lipinski definition) is 2. The van der Waals surface area contributed by atoms with Crippen LogP contribution in [0.5, 0.6) is 0 Å². The van der Waals surface area contributed by atoms with Crippen molar-refractivity contribution in [3.63, 3.8) is 0 Å². The van der Waals surface area contributed by atoms with Crippen molar-refractivity contribution in [3.05, 3.63) is 64.9 Å². The van der Waals surface area contributed by atoms with E-state index in [-0.39, 0.29) is 6.03 Å². The molecule has 0 aliphatic heterocycles. The summed E-state index contributed by atoms with van der Waals surface area (Å²) in [6.07, 6.45) is 3.43. The van der Waals surface area contributed by atoms with E-state index in [0.717, 1.165) is 11.1 Å². The molecule has 2 amide bonds. The number of carbonyl (C=O) groups excluding carboxylic acids is 1. The number of amides is 2. The van der Waals surface area contributed by atoms with E-state index < -0.39 is 5.54 Å². The Bertz CT molecular complexity index is 597. The van der Waals surface area contributed by atoms with Gasteiger partial charge < -0.3 is 10.6 Å². The zero-order valence-corrected chi connectivity index (χ0v) is 12.8. The largest absolute Gasteiger partial charge is 0.334 e. The molecule has 2 aromatic rings. The molecule has 1 aromatic heterocycles. The summed E-state index contributed by atoms with van der Waals surface area (Å²) in [4.78, 5) is 16.0. The van der Waals surface area contributed by atoms with Crippen molar-refractivity contribution in [1.82, 2.24) is 15.6 Å². The molecule has 4 nitrogen and oxygen atoms in total. The molecule has 0 atom stereocenters. The van der Waals surface area contributed by atoms with E-state index in [1.807, 2.05) is 50.2 Å². The maximum atomic E-state index is 12.0. The molecule has 1 aromatic carbocycles. The second-order valence-corrected chi connectivity index (χ2v) is 5.74. The minimum absolute atomic E-state index is 0.223. The highest BCUT2D eigenvalue weighted by Crippen LogP contribution is 2.21. The van der Waals surface area contributed by atoms with Crippen molar-refractivity contribution in [2.45, 2.75) is 25.9 Å². The molecule has 0 saturated heterocycles. The lowest BCUT2D eigenvalue weighted by Gasteiger charge is -2.27. The highest BCUT2D eigenvalue weighted by molar-refractivity contribution is 6.30. The Morgan fingerprint density at radius 2 is 1.95 bits per heavy atom. The number of nitrogens with zero attached hydrogens (tertiary/aromatic N) is 1. The van der Waals surface area contributed by atoms with Crippen LogP contribution >= 0.6 is 11.6 Å². The third-order valence-electron chi connectivity index (χ3n) is 3.17. The van der Waals surface area contributed by atoms with Gasteiger partial charge in [0.15, 0.2) is 0 Å². The summed E-state index contributed by atoms with van der Waals surface area (Å²) < 4.78 is 0. The van der Waals surface area contributed by atoms with E-state index in [1.54, 1.807) is 12.4 Å². The second kappa shape index (κ2) is 6.59. The zero-order chi connectivity index (χ0) is 15.3. The van der Waals surface area contributed by atoms with Crippen molar-refractivity contribution in [2.75, 3.05) is 0 Å². The first-order valence-corrected chi connectivity index (χ1v) is 7.06. The van der Waals surface area contributed by atoms with Gasteiger partial charge in [-0.1, -0.05) is 29.8 Å². The molecular weight excluding hydrogens is 286 g/mol. The standard InChI is InChI=1S/C16H18ClN3O/c1-16(2,13-5-7-14(17)8-6-13)20-15(21)19-11-12-4-3-9-18-10-12/h3-10H,11H2,1-2H3,(H2,19,20,21). The normalized spacial score (nSPS) is 11.0. The van der Waals surface area contributed by atoms with Crippen LogP contribution in [-0.4, -0.2) is 11.0 Å². The lowest BCUT2D eigenvalue weighted by Crippen LogP contribution is -2.46. The van der Waals surface area contributed by atoms with Crippen LogP contribution in [0.3, 0.4) is 0 Å². The number of benzene rings is 1. The minimum Gasteiger partial charge on any atom is -0.334 e. The van der Waals surface area contributed by atoms with Crippen molar-refractivity contribution >= 4 is 17.6 Å². The fourth-order valence-corrected chi connectivity index (χ4v) is 2.08. The predicted octanol–water partition coefficient (Wildman–Crippen LogP) is 3.47. The zero-order valence-electron chi connectivity index (χ0n) is 12.1. The summed E-state index contributed by atoms with van der Waals surface area (Å²) in [6, 6.07) is 11.0. The topological polar surface area (TPSA) is 54.0 Å². The van der Waals surface area contributed by atoms with Gasteiger partial charge in [0.25, 0.3) is 0 Å². The third-order valence-corrected chi connectivity index (χ3v) is 3.42. The minimum atomic E-state index is -0.483. The van der Waals surface area contributed by atoms with Crippen LogP contribution in [0.15, 0.2) is 48.8 Å². The van der Waals surface area contributed by atoms with Gasteiger partial charge in [0.05, 0.1) is 5.54 Å². The number of aromatic nitrogens is 1. The Morgan fingerprint density at radius 1 is 1.24 bits per heavy atom. The van der Waals surface area contributed by atoms with Crippen molar-refractivity contribution < 1.29 is 4.79 Å². The van der Waals surface area contributed by atoms with Crippen molar-refractivity contribution in [2.24, 2.45) is 0 Å². The summed E-state index contributed by atoms with van der Waals surface area (Å²) in [5.74, 6) is 0. The summed E-state index contributed by atoms with van der Waals surface area (Å²) in [5.41, 5.74) is 1.46. The molecule has 0 fully saturated rings. The molecule has 0 radical (unpaired) electrons. The molecule has 2 rings (SSSR count). The van der Waals surface area contributed by atoms with Crippen LogP contribution in [0.25, 0.3) is 0 Å². The molecule has 5 heteroatoms. The van der Waals surface area contributed by atoms with Crippen LogP contribution in [0, 0.1) is 0 Å². The molecule has 1 heterocycles. The first-order valence-electron chi connectivity index (χ1n) is 6.68. The van der Waals surface area contributed by atoms with Gasteiger partial charge in [-0.3, -0.25) is 4.98 Å². The van der Waals surface area contributed by atoms with Gasteiger partial charge in [-0.25, -0.2) is 4.79 Å². The van der Waals surface area contributed by atoms with Gasteiger partial charge >= 0.3 is 6.03 Å². The van der Waals surface area contributed by atoms with Gasteiger partial charge in [-0.15, -0.1) is 0 Å². The molecule has 0 unspecified atom stereocenters. The van der Waals surface area contributed by atoms with Gasteiger partial charge in [-0.2, -0.15) is 0 Å². The van der Waals surface area contributed by atoms with E-state index >= 15 is 0 Å². The van der Waals surface area contributed by atoms with E-state index in [4.69, 9.17) is 11.6 Å². The van der Waals surface area contributed by atoms with E-state index in [9.17, 15) is 4.79 Å². The number of hydrogen-bond acceptors (Lipinski definition) is 2. The summed E-state index contributed by atoms with van der Waals surface area (Å²) >= 11 is 5.88. The van der Waals surface area contributed by atoms with E-state index in [1.165, 1.54) is 0 Å². The average molecular weight is 304 g/mol. The number of urea groups is 1. The second-order valence-electron chi connectivity index (χ2n) is 5.30. The predicted molar refractivity (Wildman–Crippen MR) is 84.1 cm³/mol. The smallest absolute Gasteiger partial charge is 0.315 e. The SMILES string of the molecule is CC(C)(NC(=O)NCc1cccnc1)c1ccc(Cl)cc1. The Morgan fingerprint density at radius 3 is 2.57 bits per heavy atom. The van der Waals surface area contributed by atoms with E-state index in [2.05, 4.69) is 15.6 Å². The maximum absolute atomic E-state index is 12.0. The van der Waals surface area contributed by atoms with Crippen LogP contribution in [0.1, 0.15) is 25.0 Å². The fourth-order valence-electron chi connectivity index (χ4n) is 1.95. The Balaban J connectivity index is 1.93. The summed E-state index contributed by atoms with van der Waals surface area (Å²) in [5, 5.41) is 6.45. The lowest BCUT2D eigenvalue weighted by atomic mass is 9.94. The van der Waals surface area contributed by atoms with Gasteiger partial charge in [0, 0.05) is 24.0 Å². The summed E-state index contributed by atoms with van der Waals surface area (Å²) in [6.45, 7) is 4.33. The number of nitrogens with one attached hydrogen (secondary N) is 2. The van der Waals surface area contributed by atoms with Crippen molar-refractivity contribution in [3.8, 4) is 0 Å². The number of rotatable bonds is 4. The Labute approximate surface area is 129 Å². The summed E-state index contributed by atoms with van der Waals surface area (Å²) in [7, 11) is 0. The number of halogens is 1. The van der Waals surface area contributed by atoms with Gasteiger partial charge in [0.2, 0.25) is 0 Å². The number of pyridine rings is 1. The Hall–Kier alpha value is -2.07. The molecule has 2 N–H and O–H groups in total. The molecule has 0 saturated carbocycles. The molecule has 0 aliphatic carbocycles. The highest BCUT2D eigenvalue weighted by Gasteiger charge is 2.22. The van der Waals surface area contributed by atoms with Crippen LogP contribution < -0.4 is 10.6 Å². The van der Waals surface area contributed by atoms with Gasteiger partial charge in [-0.05, 0) is 43.2 Å². The van der Waals surface area contributed by atoms with Crippen molar-refractivity contribution in [1.29, 1.82) is 0 Å². The third kappa shape index (κ3) is 4.46. The first-order chi connectivity index (χ1) is 9.97. The average Bonchev–Trinajstić information content (AvgIpc) is 2.46. The fraction of sp³-hybridized carbons (Fsp3) is 0.250. The van der Waals surface area contributed by atoms with E-state index in [0.29, 0.717) is 11.6 Å². The maximum Gasteiger partial charge on any atom is 0.315 e. The molecule has 21 heavy (non-hydrogen) atoms. The lowest BCUT2D eigenvalue weighted by molar-refractivity contribution is 0.229. The molecule has 0 bridgehead atoms. The molecule has 0 aliphatic rings. The van der Waals surface area contributed by atoms with Gasteiger partial charge in [0.1, 0.15) is 0 Å². The van der Waals surface area contributed by atoms with Crippen LogP contribution in [-0.2, 0) is 12.1 Å². The molecule has 0 spiro atoms. The monoisotopic (exact) mass is 303 g/mol. The van der Waals surface area contributed by atoms with Crippen LogP contribution in [0.2, 0.25) is 5.02 Å². The Kier molecular flexibility index (Phi) is 4.81. The highest BCUT2D eigenvalue weighted by atomic mass is 35.5. The number of carbonyl (C=O) groups is 1. The first kappa shape index (κ1) is 15.3. The van der Waals surface area contributed by atoms with Crippen LogP contribution in [0.4, 0.5) is 4.79 Å². The quantitative estimate of drug-likeness (QED) is 0.908. The molecular formula is C16H18ClN3O. The molecule has 110 valence electrons.